The van der Waals surface area contributed by atoms with Crippen molar-refractivity contribution in [3.05, 3.63) is 64.6 Å². The second-order valence-corrected chi connectivity index (χ2v) is 5.46. The minimum atomic E-state index is -1.41. The number of carboxylic acids is 1. The van der Waals surface area contributed by atoms with Crippen LogP contribution in [0.1, 0.15) is 22.0 Å². The van der Waals surface area contributed by atoms with Crippen molar-refractivity contribution in [1.82, 2.24) is 15.5 Å². The maximum atomic E-state index is 13.6. The van der Waals surface area contributed by atoms with Gasteiger partial charge in [-0.05, 0) is 29.8 Å². The van der Waals surface area contributed by atoms with Gasteiger partial charge in [-0.25, -0.2) is 9.18 Å². The van der Waals surface area contributed by atoms with Crippen LogP contribution in [0.2, 0.25) is 5.02 Å². The third kappa shape index (κ3) is 2.93. The first-order valence-electron chi connectivity index (χ1n) is 6.88. The van der Waals surface area contributed by atoms with Crippen LogP contribution in [0, 0.1) is 5.82 Å². The number of aromatic nitrogens is 2. The lowest BCUT2D eigenvalue weighted by Crippen LogP contribution is -2.33. The molecule has 0 radical (unpaired) electrons. The molecule has 3 rings (SSSR count). The molecule has 0 saturated heterocycles. The van der Waals surface area contributed by atoms with E-state index in [4.69, 9.17) is 11.6 Å². The number of H-pyrrole nitrogens is 1. The molecule has 24 heavy (non-hydrogen) atoms. The van der Waals surface area contributed by atoms with Crippen molar-refractivity contribution >= 4 is 34.4 Å². The maximum Gasteiger partial charge on any atom is 0.330 e. The summed E-state index contributed by atoms with van der Waals surface area (Å²) in [6, 6.07) is 7.10. The Labute approximate surface area is 140 Å². The molecule has 0 spiro atoms. The highest BCUT2D eigenvalue weighted by molar-refractivity contribution is 6.30. The average molecular weight is 348 g/mol. The Morgan fingerprint density at radius 1 is 1.29 bits per heavy atom. The fourth-order valence-corrected chi connectivity index (χ4v) is 2.47. The standard InChI is InChI=1S/C16H11ClFN3O3/c17-11-5-4-8(6-12(11)18)14(16(23)24)20-15(22)9-2-1-3-13-10(9)7-19-21-13/h1-7,14H,(H,19,21)(H,20,22)(H,23,24). The van der Waals surface area contributed by atoms with Crippen molar-refractivity contribution in [2.45, 2.75) is 6.04 Å². The zero-order chi connectivity index (χ0) is 17.3. The van der Waals surface area contributed by atoms with Gasteiger partial charge in [0.15, 0.2) is 6.04 Å². The van der Waals surface area contributed by atoms with Crippen LogP contribution in [0.25, 0.3) is 10.9 Å². The van der Waals surface area contributed by atoms with Crippen molar-refractivity contribution in [3.8, 4) is 0 Å². The van der Waals surface area contributed by atoms with Crippen LogP contribution in [0.5, 0.6) is 0 Å². The molecule has 1 unspecified atom stereocenters. The Kier molecular flexibility index (Phi) is 4.18. The van der Waals surface area contributed by atoms with Crippen molar-refractivity contribution in [3.63, 3.8) is 0 Å². The predicted molar refractivity (Wildman–Crippen MR) is 85.3 cm³/mol. The highest BCUT2D eigenvalue weighted by atomic mass is 35.5. The Hall–Kier alpha value is -2.93. The first kappa shape index (κ1) is 15.9. The van der Waals surface area contributed by atoms with Gasteiger partial charge < -0.3 is 10.4 Å². The SMILES string of the molecule is O=C(NC(C(=O)O)c1ccc(Cl)c(F)c1)c1cccc2[nH]ncc12. The van der Waals surface area contributed by atoms with Gasteiger partial charge >= 0.3 is 5.97 Å². The van der Waals surface area contributed by atoms with E-state index in [9.17, 15) is 19.1 Å². The molecule has 8 heteroatoms. The number of carboxylic acid groups (broad SMARTS) is 1. The maximum absolute atomic E-state index is 13.6. The third-order valence-corrected chi connectivity index (χ3v) is 3.84. The summed E-state index contributed by atoms with van der Waals surface area (Å²) in [7, 11) is 0. The summed E-state index contributed by atoms with van der Waals surface area (Å²) in [5.41, 5.74) is 0.992. The molecule has 0 bridgehead atoms. The fourth-order valence-electron chi connectivity index (χ4n) is 2.35. The summed E-state index contributed by atoms with van der Waals surface area (Å²) < 4.78 is 13.6. The van der Waals surface area contributed by atoms with Gasteiger partial charge in [-0.15, -0.1) is 0 Å². The minimum Gasteiger partial charge on any atom is -0.479 e. The molecule has 0 aliphatic heterocycles. The number of nitrogens with one attached hydrogen (secondary N) is 2. The van der Waals surface area contributed by atoms with Gasteiger partial charge in [0.05, 0.1) is 22.3 Å². The van der Waals surface area contributed by atoms with Crippen LogP contribution in [0.15, 0.2) is 42.6 Å². The highest BCUT2D eigenvalue weighted by Gasteiger charge is 2.24. The van der Waals surface area contributed by atoms with E-state index in [0.29, 0.717) is 10.9 Å². The van der Waals surface area contributed by atoms with E-state index in [2.05, 4.69) is 15.5 Å². The Morgan fingerprint density at radius 2 is 2.08 bits per heavy atom. The van der Waals surface area contributed by atoms with Crippen molar-refractivity contribution < 1.29 is 19.1 Å². The average Bonchev–Trinajstić information content (AvgIpc) is 3.03. The molecule has 0 aliphatic rings. The fraction of sp³-hybridized carbons (Fsp3) is 0.0625. The number of aliphatic carboxylic acids is 1. The number of amides is 1. The number of nitrogens with zero attached hydrogens (tertiary/aromatic N) is 1. The molecule has 1 atom stereocenters. The van der Waals surface area contributed by atoms with Crippen LogP contribution >= 0.6 is 11.6 Å². The van der Waals surface area contributed by atoms with E-state index in [1.165, 1.54) is 18.3 Å². The summed E-state index contributed by atoms with van der Waals surface area (Å²) >= 11 is 5.60. The Morgan fingerprint density at radius 3 is 2.79 bits per heavy atom. The summed E-state index contributed by atoms with van der Waals surface area (Å²) in [6.45, 7) is 0. The number of hydrogen-bond acceptors (Lipinski definition) is 3. The lowest BCUT2D eigenvalue weighted by molar-refractivity contribution is -0.139. The Bertz CT molecular complexity index is 941. The van der Waals surface area contributed by atoms with E-state index in [1.807, 2.05) is 0 Å². The van der Waals surface area contributed by atoms with E-state index in [-0.39, 0.29) is 16.1 Å². The monoisotopic (exact) mass is 347 g/mol. The van der Waals surface area contributed by atoms with Crippen molar-refractivity contribution in [1.29, 1.82) is 0 Å². The second-order valence-electron chi connectivity index (χ2n) is 5.06. The van der Waals surface area contributed by atoms with Gasteiger partial charge in [0, 0.05) is 5.39 Å². The molecule has 3 N–H and O–H groups in total. The van der Waals surface area contributed by atoms with Crippen molar-refractivity contribution in [2.24, 2.45) is 0 Å². The summed E-state index contributed by atoms with van der Waals surface area (Å²) in [6.07, 6.45) is 1.47. The number of rotatable bonds is 4. The Balaban J connectivity index is 1.93. The molecule has 1 aromatic heterocycles. The summed E-state index contributed by atoms with van der Waals surface area (Å²) in [5.74, 6) is -2.68. The lowest BCUT2D eigenvalue weighted by Gasteiger charge is -2.15. The molecule has 1 amide bonds. The molecule has 6 nitrogen and oxygen atoms in total. The number of fused-ring (bicyclic) bond motifs is 1. The first-order valence-corrected chi connectivity index (χ1v) is 7.26. The number of benzene rings is 2. The zero-order valence-electron chi connectivity index (χ0n) is 12.1. The molecule has 3 aromatic rings. The van der Waals surface area contributed by atoms with Gasteiger partial charge in [-0.1, -0.05) is 23.7 Å². The normalized spacial score (nSPS) is 12.1. The number of carbonyl (C=O) groups excluding carboxylic acids is 1. The zero-order valence-corrected chi connectivity index (χ0v) is 12.8. The summed E-state index contributed by atoms with van der Waals surface area (Å²) in [4.78, 5) is 23.9. The van der Waals surface area contributed by atoms with Crippen molar-refractivity contribution in [2.75, 3.05) is 0 Å². The number of halogens is 2. The minimum absolute atomic E-state index is 0.0807. The molecule has 2 aromatic carbocycles. The number of hydrogen-bond donors (Lipinski definition) is 3. The number of carbonyl (C=O) groups is 2. The second kappa shape index (κ2) is 6.29. The van der Waals surface area contributed by atoms with Gasteiger partial charge in [-0.3, -0.25) is 9.89 Å². The van der Waals surface area contributed by atoms with Gasteiger partial charge in [0.1, 0.15) is 5.82 Å². The van der Waals surface area contributed by atoms with E-state index in [0.717, 1.165) is 6.07 Å². The van der Waals surface area contributed by atoms with E-state index < -0.39 is 23.7 Å². The molecule has 0 aliphatic carbocycles. The van der Waals surface area contributed by atoms with Crippen LogP contribution in [0.4, 0.5) is 4.39 Å². The third-order valence-electron chi connectivity index (χ3n) is 3.53. The van der Waals surface area contributed by atoms with Crippen LogP contribution < -0.4 is 5.32 Å². The smallest absolute Gasteiger partial charge is 0.330 e. The van der Waals surface area contributed by atoms with Gasteiger partial charge in [0.2, 0.25) is 0 Å². The van der Waals surface area contributed by atoms with Crippen LogP contribution in [0.3, 0.4) is 0 Å². The molecule has 0 fully saturated rings. The number of aromatic amines is 1. The molecular weight excluding hydrogens is 337 g/mol. The van der Waals surface area contributed by atoms with Crippen LogP contribution in [-0.4, -0.2) is 27.2 Å². The highest BCUT2D eigenvalue weighted by Crippen LogP contribution is 2.22. The largest absolute Gasteiger partial charge is 0.479 e. The molecule has 0 saturated carbocycles. The molecule has 122 valence electrons. The first-order chi connectivity index (χ1) is 11.5. The lowest BCUT2D eigenvalue weighted by atomic mass is 10.1. The van der Waals surface area contributed by atoms with E-state index in [1.54, 1.807) is 18.2 Å². The van der Waals surface area contributed by atoms with Gasteiger partial charge in [-0.2, -0.15) is 5.10 Å². The predicted octanol–water partition coefficient (Wildman–Crippen LogP) is 2.91. The van der Waals surface area contributed by atoms with Gasteiger partial charge in [0.25, 0.3) is 5.91 Å². The van der Waals surface area contributed by atoms with Crippen LogP contribution in [-0.2, 0) is 4.79 Å². The quantitative estimate of drug-likeness (QED) is 0.676. The van der Waals surface area contributed by atoms with E-state index >= 15 is 0 Å². The molecular formula is C16H11ClFN3O3. The summed E-state index contributed by atoms with van der Waals surface area (Å²) in [5, 5.41) is 18.8. The topological polar surface area (TPSA) is 95.1 Å². The molecule has 1 heterocycles.